The average Bonchev–Trinajstić information content (AvgIpc) is 2.93. The van der Waals surface area contributed by atoms with Crippen molar-refractivity contribution in [2.45, 2.75) is 25.3 Å². The number of sulfonamides is 1. The van der Waals surface area contributed by atoms with Crippen LogP contribution in [0.15, 0.2) is 11.6 Å². The van der Waals surface area contributed by atoms with E-state index in [-0.39, 0.29) is 5.75 Å². The molecule has 2 rings (SSSR count). The predicted octanol–water partition coefficient (Wildman–Crippen LogP) is 0.357. The molecule has 0 spiro atoms. The fourth-order valence-electron chi connectivity index (χ4n) is 1.45. The van der Waals surface area contributed by atoms with E-state index in [1.165, 1.54) is 12.8 Å². The maximum absolute atomic E-state index is 11.6. The van der Waals surface area contributed by atoms with Crippen LogP contribution in [-0.4, -0.2) is 38.3 Å². The van der Waals surface area contributed by atoms with Crippen molar-refractivity contribution in [3.63, 3.8) is 0 Å². The third-order valence-corrected chi connectivity index (χ3v) is 4.75. The maximum Gasteiger partial charge on any atom is 0.212 e. The summed E-state index contributed by atoms with van der Waals surface area (Å²) in [5, 5.41) is 6.04. The van der Waals surface area contributed by atoms with Gasteiger partial charge in [0.2, 0.25) is 10.0 Å². The van der Waals surface area contributed by atoms with Crippen molar-refractivity contribution in [2.75, 3.05) is 18.8 Å². The molecule has 1 fully saturated rings. The highest BCUT2D eigenvalue weighted by atomic mass is 32.2. The first-order valence-electron chi connectivity index (χ1n) is 5.75. The summed E-state index contributed by atoms with van der Waals surface area (Å²) in [6.07, 6.45) is 4.75. The van der Waals surface area contributed by atoms with Crippen LogP contribution in [0.5, 0.6) is 0 Å². The zero-order chi connectivity index (χ0) is 12.1. The molecular weight excluding hydrogens is 258 g/mol. The number of thiazole rings is 1. The first kappa shape index (κ1) is 12.9. The highest BCUT2D eigenvalue weighted by molar-refractivity contribution is 7.89. The lowest BCUT2D eigenvalue weighted by atomic mass is 10.5. The van der Waals surface area contributed by atoms with Crippen LogP contribution in [-0.2, 0) is 16.4 Å². The second-order valence-corrected chi connectivity index (χ2v) is 7.02. The fraction of sp³-hybridized carbons (Fsp3) is 0.700. The van der Waals surface area contributed by atoms with Crippen molar-refractivity contribution >= 4 is 21.4 Å². The largest absolute Gasteiger partial charge is 0.313 e. The Morgan fingerprint density at radius 3 is 2.88 bits per heavy atom. The number of nitrogens with zero attached hydrogens (tertiary/aromatic N) is 1. The monoisotopic (exact) mass is 275 g/mol. The summed E-state index contributed by atoms with van der Waals surface area (Å²) in [5.74, 6) is 0.154. The molecule has 0 saturated heterocycles. The van der Waals surface area contributed by atoms with E-state index in [4.69, 9.17) is 0 Å². The van der Waals surface area contributed by atoms with Gasteiger partial charge in [-0.2, -0.15) is 0 Å². The van der Waals surface area contributed by atoms with Crippen molar-refractivity contribution in [2.24, 2.45) is 0 Å². The minimum atomic E-state index is -3.14. The van der Waals surface area contributed by atoms with Gasteiger partial charge in [0.05, 0.1) is 10.8 Å². The molecule has 1 aromatic heterocycles. The molecule has 96 valence electrons. The van der Waals surface area contributed by atoms with Gasteiger partial charge in [-0.05, 0) is 12.8 Å². The lowest BCUT2D eigenvalue weighted by molar-refractivity contribution is 0.576. The standard InChI is InChI=1S/C10H17N3O2S2/c14-17(15,8-6-11-9-1-2-9)13-4-3-10-12-5-7-16-10/h5,7,9,11,13H,1-4,6,8H2. The van der Waals surface area contributed by atoms with E-state index in [9.17, 15) is 8.42 Å². The van der Waals surface area contributed by atoms with Gasteiger partial charge in [-0.25, -0.2) is 18.1 Å². The number of aromatic nitrogens is 1. The highest BCUT2D eigenvalue weighted by Gasteiger charge is 2.21. The van der Waals surface area contributed by atoms with Crippen LogP contribution >= 0.6 is 11.3 Å². The quantitative estimate of drug-likeness (QED) is 0.718. The lowest BCUT2D eigenvalue weighted by Gasteiger charge is -2.06. The van der Waals surface area contributed by atoms with Crippen molar-refractivity contribution in [3.8, 4) is 0 Å². The number of hydrogen-bond acceptors (Lipinski definition) is 5. The second-order valence-electron chi connectivity index (χ2n) is 4.12. The summed E-state index contributed by atoms with van der Waals surface area (Å²) in [5.41, 5.74) is 0. The van der Waals surface area contributed by atoms with E-state index in [0.717, 1.165) is 5.01 Å². The van der Waals surface area contributed by atoms with Gasteiger partial charge in [0.1, 0.15) is 0 Å². The summed E-state index contributed by atoms with van der Waals surface area (Å²) in [4.78, 5) is 4.10. The second kappa shape index (κ2) is 5.90. The first-order chi connectivity index (χ1) is 8.16. The molecule has 1 aliphatic carbocycles. The topological polar surface area (TPSA) is 71.1 Å². The van der Waals surface area contributed by atoms with Crippen LogP contribution in [0.2, 0.25) is 0 Å². The molecule has 0 aliphatic heterocycles. The van der Waals surface area contributed by atoms with Gasteiger partial charge < -0.3 is 5.32 Å². The SMILES string of the molecule is O=S(=O)(CCNC1CC1)NCCc1nccs1. The minimum Gasteiger partial charge on any atom is -0.313 e. The maximum atomic E-state index is 11.6. The van der Waals surface area contributed by atoms with Crippen LogP contribution in [0.3, 0.4) is 0 Å². The molecule has 1 heterocycles. The zero-order valence-corrected chi connectivity index (χ0v) is 11.2. The summed E-state index contributed by atoms with van der Waals surface area (Å²) in [6, 6.07) is 0.556. The van der Waals surface area contributed by atoms with Crippen molar-refractivity contribution < 1.29 is 8.42 Å². The molecule has 0 atom stereocenters. The van der Waals surface area contributed by atoms with E-state index in [1.807, 2.05) is 5.38 Å². The molecule has 2 N–H and O–H groups in total. The average molecular weight is 275 g/mol. The molecule has 1 aliphatic rings. The Hall–Kier alpha value is -0.500. The van der Waals surface area contributed by atoms with Crippen LogP contribution in [0.25, 0.3) is 0 Å². The molecule has 7 heteroatoms. The Morgan fingerprint density at radius 1 is 1.41 bits per heavy atom. The zero-order valence-electron chi connectivity index (χ0n) is 9.55. The molecule has 0 amide bonds. The molecule has 0 bridgehead atoms. The van der Waals surface area contributed by atoms with Crippen molar-refractivity contribution in [1.29, 1.82) is 0 Å². The van der Waals surface area contributed by atoms with Gasteiger partial charge in [0.25, 0.3) is 0 Å². The Labute approximate surface area is 106 Å². The molecule has 0 unspecified atom stereocenters. The van der Waals surface area contributed by atoms with Crippen molar-refractivity contribution in [1.82, 2.24) is 15.0 Å². The predicted molar refractivity (Wildman–Crippen MR) is 68.6 cm³/mol. The Balaban J connectivity index is 1.62. The molecule has 17 heavy (non-hydrogen) atoms. The number of hydrogen-bond donors (Lipinski definition) is 2. The van der Waals surface area contributed by atoms with Crippen LogP contribution in [0.1, 0.15) is 17.8 Å². The van der Waals surface area contributed by atoms with Crippen LogP contribution in [0, 0.1) is 0 Å². The summed E-state index contributed by atoms with van der Waals surface area (Å²) in [7, 11) is -3.14. The van der Waals surface area contributed by atoms with Gasteiger partial charge in [0, 0.05) is 37.1 Å². The molecule has 1 aromatic rings. The van der Waals surface area contributed by atoms with Gasteiger partial charge in [-0.15, -0.1) is 11.3 Å². The van der Waals surface area contributed by atoms with Crippen LogP contribution < -0.4 is 10.0 Å². The lowest BCUT2D eigenvalue weighted by Crippen LogP contribution is -2.33. The summed E-state index contributed by atoms with van der Waals surface area (Å²) in [6.45, 7) is 0.969. The van der Waals surface area contributed by atoms with Crippen LogP contribution in [0.4, 0.5) is 0 Å². The molecule has 5 nitrogen and oxygen atoms in total. The normalized spacial score (nSPS) is 16.2. The third-order valence-electron chi connectivity index (χ3n) is 2.53. The van der Waals surface area contributed by atoms with Crippen molar-refractivity contribution in [3.05, 3.63) is 16.6 Å². The van der Waals surface area contributed by atoms with E-state index in [0.29, 0.717) is 25.6 Å². The molecule has 1 saturated carbocycles. The molecular formula is C10H17N3O2S2. The Kier molecular flexibility index (Phi) is 4.49. The van der Waals surface area contributed by atoms with E-state index >= 15 is 0 Å². The van der Waals surface area contributed by atoms with Gasteiger partial charge in [0.15, 0.2) is 0 Å². The number of nitrogens with one attached hydrogen (secondary N) is 2. The van der Waals surface area contributed by atoms with E-state index < -0.39 is 10.0 Å². The Bertz CT molecular complexity index is 426. The third kappa shape index (κ3) is 5.12. The molecule has 0 radical (unpaired) electrons. The summed E-state index contributed by atoms with van der Waals surface area (Å²) >= 11 is 1.55. The molecule has 0 aromatic carbocycles. The van der Waals surface area contributed by atoms with Gasteiger partial charge in [-0.1, -0.05) is 0 Å². The number of rotatable bonds is 8. The fourth-order valence-corrected chi connectivity index (χ4v) is 3.01. The van der Waals surface area contributed by atoms with Gasteiger partial charge >= 0.3 is 0 Å². The smallest absolute Gasteiger partial charge is 0.212 e. The van der Waals surface area contributed by atoms with E-state index in [2.05, 4.69) is 15.0 Å². The summed E-state index contributed by atoms with van der Waals surface area (Å²) < 4.78 is 25.8. The Morgan fingerprint density at radius 2 is 2.24 bits per heavy atom. The first-order valence-corrected chi connectivity index (χ1v) is 8.28. The van der Waals surface area contributed by atoms with Gasteiger partial charge in [-0.3, -0.25) is 0 Å². The van der Waals surface area contributed by atoms with E-state index in [1.54, 1.807) is 17.5 Å². The minimum absolute atomic E-state index is 0.154. The highest BCUT2D eigenvalue weighted by Crippen LogP contribution is 2.17.